The van der Waals surface area contributed by atoms with Gasteiger partial charge in [-0.3, -0.25) is 0 Å². The molecule has 0 fully saturated rings. The second-order valence-electron chi connectivity index (χ2n) is 8.43. The molecule has 2 aromatic rings. The van der Waals surface area contributed by atoms with E-state index in [1.54, 1.807) is 6.07 Å². The van der Waals surface area contributed by atoms with Crippen LogP contribution in [0.25, 0.3) is 17.7 Å². The minimum Gasteiger partial charge on any atom is -0.508 e. The van der Waals surface area contributed by atoms with Crippen molar-refractivity contribution in [3.8, 4) is 17.2 Å². The molecule has 0 radical (unpaired) electrons. The van der Waals surface area contributed by atoms with Gasteiger partial charge in [0.15, 0.2) is 0 Å². The van der Waals surface area contributed by atoms with Gasteiger partial charge in [0.25, 0.3) is 0 Å². The molecule has 0 spiro atoms. The number of allylic oxidation sites excluding steroid dienone is 3. The van der Waals surface area contributed by atoms with E-state index in [9.17, 15) is 10.2 Å². The van der Waals surface area contributed by atoms with E-state index in [1.807, 2.05) is 38.1 Å². The SMILES string of the molecule is CC(C)=CCc1cc2c(cc1O)CC(c1ccc(O)c3c1OC(C)(C)C=C3)=C2. The topological polar surface area (TPSA) is 49.7 Å². The molecular formula is C25H26O3. The predicted molar refractivity (Wildman–Crippen MR) is 115 cm³/mol. The largest absolute Gasteiger partial charge is 0.508 e. The number of rotatable bonds is 3. The second-order valence-corrected chi connectivity index (χ2v) is 8.43. The summed E-state index contributed by atoms with van der Waals surface area (Å²) in [7, 11) is 0. The van der Waals surface area contributed by atoms with Gasteiger partial charge in [0, 0.05) is 5.56 Å². The molecule has 0 unspecified atom stereocenters. The van der Waals surface area contributed by atoms with E-state index in [0.29, 0.717) is 5.75 Å². The van der Waals surface area contributed by atoms with Crippen molar-refractivity contribution >= 4 is 17.7 Å². The molecule has 28 heavy (non-hydrogen) atoms. The molecule has 2 aromatic carbocycles. The summed E-state index contributed by atoms with van der Waals surface area (Å²) in [4.78, 5) is 0. The van der Waals surface area contributed by atoms with Gasteiger partial charge in [0.1, 0.15) is 22.8 Å². The standard InChI is InChI=1S/C25H26O3/c1-15(2)5-6-16-11-17-12-19(13-18(17)14-23(16)27)20-7-8-22(26)21-9-10-25(3,4)28-24(20)21/h5,7-12,14,26-27H,6,13H2,1-4H3. The number of phenolic OH excluding ortho intramolecular Hbond substituents is 2. The van der Waals surface area contributed by atoms with Gasteiger partial charge in [-0.1, -0.05) is 17.7 Å². The maximum atomic E-state index is 10.4. The Labute approximate surface area is 166 Å². The van der Waals surface area contributed by atoms with Crippen LogP contribution in [-0.4, -0.2) is 15.8 Å². The third-order valence-corrected chi connectivity index (χ3v) is 5.32. The highest BCUT2D eigenvalue weighted by Gasteiger charge is 2.28. The van der Waals surface area contributed by atoms with Gasteiger partial charge in [-0.25, -0.2) is 0 Å². The number of hydrogen-bond acceptors (Lipinski definition) is 3. The highest BCUT2D eigenvalue weighted by Crippen LogP contribution is 2.45. The van der Waals surface area contributed by atoms with Crippen molar-refractivity contribution in [2.24, 2.45) is 0 Å². The van der Waals surface area contributed by atoms with E-state index in [0.717, 1.165) is 52.0 Å². The van der Waals surface area contributed by atoms with Crippen LogP contribution in [0.1, 0.15) is 55.5 Å². The Kier molecular flexibility index (Phi) is 4.34. The number of phenols is 2. The third kappa shape index (κ3) is 3.33. The van der Waals surface area contributed by atoms with Crippen LogP contribution in [0, 0.1) is 0 Å². The summed E-state index contributed by atoms with van der Waals surface area (Å²) in [6, 6.07) is 7.60. The Morgan fingerprint density at radius 3 is 2.68 bits per heavy atom. The third-order valence-electron chi connectivity index (χ3n) is 5.32. The highest BCUT2D eigenvalue weighted by atomic mass is 16.5. The molecule has 1 aliphatic heterocycles. The summed E-state index contributed by atoms with van der Waals surface area (Å²) in [5, 5.41) is 20.7. The van der Waals surface area contributed by atoms with Crippen LogP contribution >= 0.6 is 0 Å². The Balaban J connectivity index is 1.74. The first-order valence-corrected chi connectivity index (χ1v) is 9.67. The molecular weight excluding hydrogens is 348 g/mol. The second kappa shape index (κ2) is 6.59. The summed E-state index contributed by atoms with van der Waals surface area (Å²) < 4.78 is 6.21. The van der Waals surface area contributed by atoms with Crippen LogP contribution in [0.15, 0.2) is 42.0 Å². The lowest BCUT2D eigenvalue weighted by atomic mass is 9.95. The Morgan fingerprint density at radius 2 is 1.93 bits per heavy atom. The molecule has 0 bridgehead atoms. The van der Waals surface area contributed by atoms with Crippen LogP contribution in [0.4, 0.5) is 0 Å². The molecule has 0 aromatic heterocycles. The van der Waals surface area contributed by atoms with Crippen LogP contribution < -0.4 is 4.74 Å². The van der Waals surface area contributed by atoms with E-state index < -0.39 is 5.60 Å². The summed E-state index contributed by atoms with van der Waals surface area (Å²) in [6.07, 6.45) is 9.65. The maximum Gasteiger partial charge on any atom is 0.139 e. The van der Waals surface area contributed by atoms with Gasteiger partial charge in [0.05, 0.1) is 5.56 Å². The maximum absolute atomic E-state index is 10.4. The van der Waals surface area contributed by atoms with Crippen molar-refractivity contribution in [2.45, 2.75) is 46.1 Å². The number of hydrogen-bond donors (Lipinski definition) is 2. The molecule has 2 N–H and O–H groups in total. The molecule has 0 amide bonds. The minimum atomic E-state index is -0.419. The van der Waals surface area contributed by atoms with Gasteiger partial charge < -0.3 is 14.9 Å². The zero-order valence-corrected chi connectivity index (χ0v) is 16.8. The first-order valence-electron chi connectivity index (χ1n) is 9.67. The first kappa shape index (κ1) is 18.4. The van der Waals surface area contributed by atoms with Gasteiger partial charge in [-0.15, -0.1) is 0 Å². The van der Waals surface area contributed by atoms with Crippen molar-refractivity contribution in [1.29, 1.82) is 0 Å². The molecule has 2 aliphatic rings. The zero-order valence-electron chi connectivity index (χ0n) is 16.8. The molecule has 0 atom stereocenters. The Morgan fingerprint density at radius 1 is 1.14 bits per heavy atom. The molecule has 4 rings (SSSR count). The molecule has 144 valence electrons. The van der Waals surface area contributed by atoms with Gasteiger partial charge in [-0.2, -0.15) is 0 Å². The fraction of sp³-hybridized carbons (Fsp3) is 0.280. The number of fused-ring (bicyclic) bond motifs is 2. The van der Waals surface area contributed by atoms with Crippen molar-refractivity contribution in [2.75, 3.05) is 0 Å². The van der Waals surface area contributed by atoms with Crippen molar-refractivity contribution in [3.63, 3.8) is 0 Å². The van der Waals surface area contributed by atoms with Crippen LogP contribution in [0.5, 0.6) is 17.2 Å². The number of ether oxygens (including phenoxy) is 1. The molecule has 3 nitrogen and oxygen atoms in total. The number of aromatic hydroxyl groups is 2. The molecule has 0 saturated heterocycles. The van der Waals surface area contributed by atoms with E-state index in [4.69, 9.17) is 4.74 Å². The quantitative estimate of drug-likeness (QED) is 0.659. The lowest BCUT2D eigenvalue weighted by Gasteiger charge is -2.30. The lowest BCUT2D eigenvalue weighted by molar-refractivity contribution is 0.158. The van der Waals surface area contributed by atoms with Gasteiger partial charge >= 0.3 is 0 Å². The smallest absolute Gasteiger partial charge is 0.139 e. The van der Waals surface area contributed by atoms with E-state index >= 15 is 0 Å². The zero-order chi connectivity index (χ0) is 20.1. The fourth-order valence-corrected chi connectivity index (χ4v) is 3.77. The van der Waals surface area contributed by atoms with E-state index in [-0.39, 0.29) is 5.75 Å². The normalized spacial score (nSPS) is 16.1. The Bertz CT molecular complexity index is 1050. The van der Waals surface area contributed by atoms with E-state index in [1.165, 1.54) is 5.57 Å². The first-order chi connectivity index (χ1) is 13.2. The van der Waals surface area contributed by atoms with Crippen LogP contribution in [-0.2, 0) is 12.8 Å². The summed E-state index contributed by atoms with van der Waals surface area (Å²) in [6.45, 7) is 8.13. The lowest BCUT2D eigenvalue weighted by Crippen LogP contribution is -2.28. The van der Waals surface area contributed by atoms with E-state index in [2.05, 4.69) is 32.1 Å². The molecule has 1 heterocycles. The van der Waals surface area contributed by atoms with Crippen molar-refractivity contribution in [1.82, 2.24) is 0 Å². The minimum absolute atomic E-state index is 0.225. The average Bonchev–Trinajstić information content (AvgIpc) is 3.01. The molecule has 0 saturated carbocycles. The number of benzene rings is 2. The van der Waals surface area contributed by atoms with Crippen LogP contribution in [0.3, 0.4) is 0 Å². The molecule has 3 heteroatoms. The summed E-state index contributed by atoms with van der Waals surface area (Å²) >= 11 is 0. The predicted octanol–water partition coefficient (Wildman–Crippen LogP) is 5.89. The highest BCUT2D eigenvalue weighted by molar-refractivity contribution is 5.92. The van der Waals surface area contributed by atoms with Crippen LogP contribution in [0.2, 0.25) is 0 Å². The summed E-state index contributed by atoms with van der Waals surface area (Å²) in [5.41, 5.74) is 6.85. The summed E-state index contributed by atoms with van der Waals surface area (Å²) in [5.74, 6) is 1.29. The molecule has 1 aliphatic carbocycles. The fourth-order valence-electron chi connectivity index (χ4n) is 3.77. The van der Waals surface area contributed by atoms with Gasteiger partial charge in [-0.05, 0) is 99.2 Å². The van der Waals surface area contributed by atoms with Gasteiger partial charge in [0.2, 0.25) is 0 Å². The Hall–Kier alpha value is -2.94. The van der Waals surface area contributed by atoms with Crippen molar-refractivity contribution in [3.05, 3.63) is 69.8 Å². The monoisotopic (exact) mass is 374 g/mol. The average molecular weight is 374 g/mol. The van der Waals surface area contributed by atoms with Crippen molar-refractivity contribution < 1.29 is 14.9 Å².